The van der Waals surface area contributed by atoms with E-state index in [1.807, 2.05) is 5.38 Å². The number of hydrogen-bond acceptors (Lipinski definition) is 5. The minimum Gasteiger partial charge on any atom is -0.396 e. The van der Waals surface area contributed by atoms with Gasteiger partial charge in [-0.1, -0.05) is 0 Å². The van der Waals surface area contributed by atoms with E-state index in [1.54, 1.807) is 12.6 Å². The van der Waals surface area contributed by atoms with Crippen LogP contribution in [0, 0.1) is 5.92 Å². The number of rotatable bonds is 5. The van der Waals surface area contributed by atoms with E-state index in [4.69, 9.17) is 5.11 Å². The lowest BCUT2D eigenvalue weighted by Crippen LogP contribution is -2.45. The number of hydrogen-bond donors (Lipinski definition) is 1. The fourth-order valence-electron chi connectivity index (χ4n) is 2.15. The maximum Gasteiger partial charge on any atom is 0.282 e. The van der Waals surface area contributed by atoms with E-state index >= 15 is 0 Å². The molecule has 0 aromatic carbocycles. The SMILES string of the molecule is CN(Cc1cscn1)S(=O)(=O)N1CCC(CO)CC1. The average Bonchev–Trinajstić information content (AvgIpc) is 2.91. The van der Waals surface area contributed by atoms with Crippen LogP contribution in [0.4, 0.5) is 0 Å². The van der Waals surface area contributed by atoms with Gasteiger partial charge in [0.2, 0.25) is 0 Å². The lowest BCUT2D eigenvalue weighted by molar-refractivity contribution is 0.166. The molecule has 0 spiro atoms. The Hall–Kier alpha value is -0.540. The van der Waals surface area contributed by atoms with Crippen molar-refractivity contribution in [2.45, 2.75) is 19.4 Å². The summed E-state index contributed by atoms with van der Waals surface area (Å²) in [6.45, 7) is 1.40. The van der Waals surface area contributed by atoms with Gasteiger partial charge >= 0.3 is 0 Å². The number of piperidine rings is 1. The van der Waals surface area contributed by atoms with Gasteiger partial charge in [0.1, 0.15) is 0 Å². The molecule has 0 amide bonds. The zero-order chi connectivity index (χ0) is 13.9. The van der Waals surface area contributed by atoms with Crippen LogP contribution in [0.3, 0.4) is 0 Å². The molecule has 1 N–H and O–H groups in total. The molecule has 8 heteroatoms. The van der Waals surface area contributed by atoms with Gasteiger partial charge in [0.05, 0.1) is 17.7 Å². The summed E-state index contributed by atoms with van der Waals surface area (Å²) in [6.07, 6.45) is 1.44. The fraction of sp³-hybridized carbons (Fsp3) is 0.727. The molecule has 1 aromatic heterocycles. The van der Waals surface area contributed by atoms with Crippen molar-refractivity contribution in [3.8, 4) is 0 Å². The molecular weight excluding hydrogens is 286 g/mol. The van der Waals surface area contributed by atoms with E-state index in [0.717, 1.165) is 18.5 Å². The van der Waals surface area contributed by atoms with Crippen LogP contribution in [0.2, 0.25) is 0 Å². The minimum atomic E-state index is -3.42. The molecule has 1 fully saturated rings. The maximum atomic E-state index is 12.4. The molecule has 0 saturated carbocycles. The van der Waals surface area contributed by atoms with Gasteiger partial charge in [0, 0.05) is 32.1 Å². The first-order valence-electron chi connectivity index (χ1n) is 6.23. The van der Waals surface area contributed by atoms with Crippen molar-refractivity contribution in [1.29, 1.82) is 0 Å². The summed E-state index contributed by atoms with van der Waals surface area (Å²) in [5.74, 6) is 0.232. The second kappa shape index (κ2) is 6.27. The Bertz CT molecular complexity index is 481. The third-order valence-electron chi connectivity index (χ3n) is 3.42. The molecule has 0 radical (unpaired) electrons. The van der Waals surface area contributed by atoms with Crippen LogP contribution < -0.4 is 0 Å². The molecule has 1 aliphatic rings. The Labute approximate surface area is 117 Å². The number of aliphatic hydroxyl groups is 1. The number of thiazole rings is 1. The van der Waals surface area contributed by atoms with E-state index in [9.17, 15) is 8.42 Å². The zero-order valence-electron chi connectivity index (χ0n) is 10.9. The molecule has 2 heterocycles. The summed E-state index contributed by atoms with van der Waals surface area (Å²) in [5, 5.41) is 10.9. The first-order valence-corrected chi connectivity index (χ1v) is 8.57. The summed E-state index contributed by atoms with van der Waals surface area (Å²) in [4.78, 5) is 4.10. The van der Waals surface area contributed by atoms with Gasteiger partial charge in [-0.25, -0.2) is 4.98 Å². The van der Waals surface area contributed by atoms with Gasteiger partial charge in [-0.05, 0) is 18.8 Å². The quantitative estimate of drug-likeness (QED) is 0.861. The van der Waals surface area contributed by atoms with E-state index in [1.165, 1.54) is 19.9 Å². The summed E-state index contributed by atoms with van der Waals surface area (Å²) >= 11 is 1.46. The average molecular weight is 305 g/mol. The number of aliphatic hydroxyl groups excluding tert-OH is 1. The molecule has 6 nitrogen and oxygen atoms in total. The summed E-state index contributed by atoms with van der Waals surface area (Å²) < 4.78 is 27.6. The summed E-state index contributed by atoms with van der Waals surface area (Å²) in [6, 6.07) is 0. The molecule has 2 rings (SSSR count). The Morgan fingerprint density at radius 3 is 2.74 bits per heavy atom. The summed E-state index contributed by atoms with van der Waals surface area (Å²) in [7, 11) is -1.84. The van der Waals surface area contributed by atoms with Crippen LogP contribution >= 0.6 is 11.3 Å². The standard InChI is InChI=1S/C11H19N3O3S2/c1-13(6-11-8-18-9-12-11)19(16,17)14-4-2-10(7-15)3-5-14/h8-10,15H,2-7H2,1H3. The molecule has 0 atom stereocenters. The molecule has 1 aromatic rings. The Balaban J connectivity index is 1.98. The Kier molecular flexibility index (Phi) is 4.91. The largest absolute Gasteiger partial charge is 0.396 e. The highest BCUT2D eigenvalue weighted by molar-refractivity contribution is 7.86. The second-order valence-electron chi connectivity index (χ2n) is 4.77. The molecule has 0 aliphatic carbocycles. The minimum absolute atomic E-state index is 0.141. The Morgan fingerprint density at radius 1 is 1.53 bits per heavy atom. The number of aromatic nitrogens is 1. The van der Waals surface area contributed by atoms with Crippen LogP contribution in [0.5, 0.6) is 0 Å². The van der Waals surface area contributed by atoms with Gasteiger partial charge in [0.15, 0.2) is 0 Å². The highest BCUT2D eigenvalue weighted by Crippen LogP contribution is 2.21. The molecule has 108 valence electrons. The predicted octanol–water partition coefficient (Wildman–Crippen LogP) is 0.524. The highest BCUT2D eigenvalue weighted by Gasteiger charge is 2.31. The molecule has 0 bridgehead atoms. The predicted molar refractivity (Wildman–Crippen MR) is 73.9 cm³/mol. The van der Waals surface area contributed by atoms with Crippen molar-refractivity contribution in [2.75, 3.05) is 26.7 Å². The molecule has 0 unspecified atom stereocenters. The van der Waals surface area contributed by atoms with Gasteiger partial charge in [-0.15, -0.1) is 11.3 Å². The fourth-order valence-corrected chi connectivity index (χ4v) is 4.06. The lowest BCUT2D eigenvalue weighted by atomic mass is 10.00. The van der Waals surface area contributed by atoms with E-state index in [2.05, 4.69) is 4.98 Å². The van der Waals surface area contributed by atoms with Crippen molar-refractivity contribution in [2.24, 2.45) is 5.92 Å². The van der Waals surface area contributed by atoms with E-state index in [0.29, 0.717) is 19.6 Å². The third kappa shape index (κ3) is 3.51. The smallest absolute Gasteiger partial charge is 0.282 e. The van der Waals surface area contributed by atoms with E-state index < -0.39 is 10.2 Å². The van der Waals surface area contributed by atoms with Crippen molar-refractivity contribution < 1.29 is 13.5 Å². The van der Waals surface area contributed by atoms with Crippen molar-refractivity contribution >= 4 is 21.5 Å². The Morgan fingerprint density at radius 2 is 2.21 bits per heavy atom. The van der Waals surface area contributed by atoms with Gasteiger partial charge in [0.25, 0.3) is 10.2 Å². The highest BCUT2D eigenvalue weighted by atomic mass is 32.2. The molecule has 19 heavy (non-hydrogen) atoms. The monoisotopic (exact) mass is 305 g/mol. The van der Waals surface area contributed by atoms with E-state index in [-0.39, 0.29) is 12.5 Å². The summed E-state index contributed by atoms with van der Waals surface area (Å²) in [5.41, 5.74) is 2.46. The van der Waals surface area contributed by atoms with Gasteiger partial charge in [-0.3, -0.25) is 0 Å². The van der Waals surface area contributed by atoms with Crippen LogP contribution in [0.15, 0.2) is 10.9 Å². The maximum absolute atomic E-state index is 12.4. The molecular formula is C11H19N3O3S2. The van der Waals surface area contributed by atoms with Crippen molar-refractivity contribution in [3.63, 3.8) is 0 Å². The van der Waals surface area contributed by atoms with Crippen LogP contribution in [-0.2, 0) is 16.8 Å². The van der Waals surface area contributed by atoms with Crippen LogP contribution in [0.1, 0.15) is 18.5 Å². The molecule has 1 aliphatic heterocycles. The lowest BCUT2D eigenvalue weighted by Gasteiger charge is -2.32. The van der Waals surface area contributed by atoms with Crippen molar-refractivity contribution in [1.82, 2.24) is 13.6 Å². The van der Waals surface area contributed by atoms with Crippen LogP contribution in [-0.4, -0.2) is 53.9 Å². The topological polar surface area (TPSA) is 73.7 Å². The number of nitrogens with zero attached hydrogens (tertiary/aromatic N) is 3. The third-order valence-corrected chi connectivity index (χ3v) is 5.99. The normalized spacial score (nSPS) is 19.1. The van der Waals surface area contributed by atoms with Crippen LogP contribution in [0.25, 0.3) is 0 Å². The zero-order valence-corrected chi connectivity index (χ0v) is 12.5. The van der Waals surface area contributed by atoms with Gasteiger partial charge in [-0.2, -0.15) is 17.0 Å². The first-order chi connectivity index (χ1) is 9.04. The molecule has 1 saturated heterocycles. The second-order valence-corrected chi connectivity index (χ2v) is 7.52. The van der Waals surface area contributed by atoms with Crippen molar-refractivity contribution in [3.05, 3.63) is 16.6 Å². The first kappa shape index (κ1) is 14.9. The van der Waals surface area contributed by atoms with Gasteiger partial charge < -0.3 is 5.11 Å².